The molecular formula is C3H8N2O4. The van der Waals surface area contributed by atoms with Crippen LogP contribution < -0.4 is 11.5 Å². The Balaban J connectivity index is 4.19. The van der Waals surface area contributed by atoms with Crippen molar-refractivity contribution >= 4 is 5.97 Å². The van der Waals surface area contributed by atoms with Gasteiger partial charge in [0, 0.05) is 0 Å². The summed E-state index contributed by atoms with van der Waals surface area (Å²) in [6.45, 7) is 0. The van der Waals surface area contributed by atoms with Crippen LogP contribution in [0.1, 0.15) is 0 Å². The Morgan fingerprint density at radius 1 is 1.44 bits per heavy atom. The Morgan fingerprint density at radius 3 is 1.78 bits per heavy atom. The third-order valence-corrected chi connectivity index (χ3v) is 0.798. The van der Waals surface area contributed by atoms with E-state index in [1.165, 1.54) is 0 Å². The number of carboxylic acid groups (broad SMARTS) is 1. The highest BCUT2D eigenvalue weighted by atomic mass is 16.5. The Labute approximate surface area is 50.7 Å². The van der Waals surface area contributed by atoms with Crippen LogP contribution in [0, 0.1) is 0 Å². The second-order valence-corrected chi connectivity index (χ2v) is 1.61. The number of carboxylic acids is 1. The molecule has 54 valence electrons. The molecule has 0 amide bonds. The van der Waals surface area contributed by atoms with Gasteiger partial charge in [0.1, 0.15) is 0 Å². The SMILES string of the molecule is NC(N)(C(=O)O)C(O)O. The van der Waals surface area contributed by atoms with Crippen molar-refractivity contribution in [2.45, 2.75) is 12.0 Å². The maximum atomic E-state index is 9.89. The molecule has 0 fully saturated rings. The van der Waals surface area contributed by atoms with Gasteiger partial charge in [0.2, 0.25) is 5.66 Å². The molecule has 0 atom stereocenters. The predicted molar refractivity (Wildman–Crippen MR) is 27.0 cm³/mol. The minimum Gasteiger partial charge on any atom is -0.479 e. The maximum absolute atomic E-state index is 9.89. The first-order valence-corrected chi connectivity index (χ1v) is 2.06. The number of rotatable bonds is 2. The summed E-state index contributed by atoms with van der Waals surface area (Å²) in [7, 11) is 0. The molecule has 0 aromatic heterocycles. The molecule has 0 rings (SSSR count). The average molecular weight is 136 g/mol. The Morgan fingerprint density at radius 2 is 1.78 bits per heavy atom. The molecule has 0 aliphatic rings. The van der Waals surface area contributed by atoms with E-state index in [2.05, 4.69) is 11.5 Å². The largest absolute Gasteiger partial charge is 0.479 e. The van der Waals surface area contributed by atoms with E-state index >= 15 is 0 Å². The minimum absolute atomic E-state index is 1.67. The van der Waals surface area contributed by atoms with Crippen molar-refractivity contribution in [3.05, 3.63) is 0 Å². The normalized spacial score (nSPS) is 12.1. The highest BCUT2D eigenvalue weighted by Gasteiger charge is 2.36. The van der Waals surface area contributed by atoms with Gasteiger partial charge in [-0.25, -0.2) is 4.79 Å². The number of nitrogens with two attached hydrogens (primary N) is 2. The Bertz CT molecular complexity index is 121. The van der Waals surface area contributed by atoms with E-state index in [1.54, 1.807) is 0 Å². The van der Waals surface area contributed by atoms with Gasteiger partial charge < -0.3 is 15.3 Å². The number of aliphatic hydroxyl groups is 2. The topological polar surface area (TPSA) is 130 Å². The quantitative estimate of drug-likeness (QED) is 0.257. The van der Waals surface area contributed by atoms with Crippen molar-refractivity contribution in [2.75, 3.05) is 0 Å². The lowest BCUT2D eigenvalue weighted by atomic mass is 10.2. The molecule has 6 nitrogen and oxygen atoms in total. The fourth-order valence-corrected chi connectivity index (χ4v) is 0.110. The molecule has 0 saturated heterocycles. The molecule has 9 heavy (non-hydrogen) atoms. The zero-order chi connectivity index (χ0) is 7.65. The number of hydrogen-bond acceptors (Lipinski definition) is 5. The van der Waals surface area contributed by atoms with Crippen molar-refractivity contribution in [3.8, 4) is 0 Å². The summed E-state index contributed by atoms with van der Waals surface area (Å²) in [4.78, 5) is 9.89. The van der Waals surface area contributed by atoms with E-state index in [1.807, 2.05) is 0 Å². The van der Waals surface area contributed by atoms with E-state index in [4.69, 9.17) is 15.3 Å². The smallest absolute Gasteiger partial charge is 0.343 e. The summed E-state index contributed by atoms with van der Waals surface area (Å²) in [6, 6.07) is 0. The minimum atomic E-state index is -2.47. The molecule has 0 aromatic rings. The van der Waals surface area contributed by atoms with Gasteiger partial charge in [0.05, 0.1) is 0 Å². The van der Waals surface area contributed by atoms with Gasteiger partial charge in [0.25, 0.3) is 0 Å². The number of aliphatic hydroxyl groups excluding tert-OH is 1. The van der Waals surface area contributed by atoms with Crippen LogP contribution in [-0.2, 0) is 4.79 Å². The van der Waals surface area contributed by atoms with Gasteiger partial charge in [-0.1, -0.05) is 0 Å². The summed E-state index contributed by atoms with van der Waals surface area (Å²) < 4.78 is 0. The first kappa shape index (κ1) is 8.31. The third-order valence-electron chi connectivity index (χ3n) is 0.798. The number of hydrogen-bond donors (Lipinski definition) is 5. The van der Waals surface area contributed by atoms with Crippen molar-refractivity contribution in [2.24, 2.45) is 11.5 Å². The van der Waals surface area contributed by atoms with Gasteiger partial charge in [-0.15, -0.1) is 0 Å². The summed E-state index contributed by atoms with van der Waals surface area (Å²) in [5, 5.41) is 24.4. The first-order chi connectivity index (χ1) is 3.89. The van der Waals surface area contributed by atoms with Crippen LogP contribution in [0.2, 0.25) is 0 Å². The second-order valence-electron chi connectivity index (χ2n) is 1.61. The highest BCUT2D eigenvalue weighted by molar-refractivity contribution is 5.77. The van der Waals surface area contributed by atoms with Crippen molar-refractivity contribution in [1.29, 1.82) is 0 Å². The van der Waals surface area contributed by atoms with Crippen molar-refractivity contribution in [3.63, 3.8) is 0 Å². The molecule has 0 aliphatic heterocycles. The molecule has 0 radical (unpaired) electrons. The van der Waals surface area contributed by atoms with Gasteiger partial charge in [-0.05, 0) is 0 Å². The lowest BCUT2D eigenvalue weighted by molar-refractivity contribution is -0.162. The molecule has 6 heteroatoms. The van der Waals surface area contributed by atoms with E-state index in [0.29, 0.717) is 0 Å². The van der Waals surface area contributed by atoms with Crippen LogP contribution in [-0.4, -0.2) is 33.2 Å². The lowest BCUT2D eigenvalue weighted by Crippen LogP contribution is -2.64. The van der Waals surface area contributed by atoms with Crippen LogP contribution in [0.3, 0.4) is 0 Å². The summed E-state index contributed by atoms with van der Waals surface area (Å²) in [5.41, 5.74) is 6.89. The zero-order valence-corrected chi connectivity index (χ0v) is 4.48. The molecule has 0 aromatic carbocycles. The Kier molecular flexibility index (Phi) is 2.10. The average Bonchev–Trinajstić information content (AvgIpc) is 1.65. The van der Waals surface area contributed by atoms with Crippen LogP contribution >= 0.6 is 0 Å². The molecule has 0 spiro atoms. The summed E-state index contributed by atoms with van der Waals surface area (Å²) in [6.07, 6.45) is -2.25. The van der Waals surface area contributed by atoms with E-state index in [-0.39, 0.29) is 0 Å². The second kappa shape index (κ2) is 2.28. The van der Waals surface area contributed by atoms with E-state index in [9.17, 15) is 4.79 Å². The van der Waals surface area contributed by atoms with E-state index < -0.39 is 17.9 Å². The van der Waals surface area contributed by atoms with Crippen molar-refractivity contribution in [1.82, 2.24) is 0 Å². The molecule has 0 saturated carbocycles. The van der Waals surface area contributed by atoms with Gasteiger partial charge >= 0.3 is 5.97 Å². The molecule has 0 bridgehead atoms. The molecular weight excluding hydrogens is 128 g/mol. The number of carbonyl (C=O) groups is 1. The number of aliphatic carboxylic acids is 1. The first-order valence-electron chi connectivity index (χ1n) is 2.06. The standard InChI is InChI=1S/C3H8N2O4/c4-3(5,1(6)7)2(8)9/h1,6-7H,4-5H2,(H,8,9). The van der Waals surface area contributed by atoms with Crippen LogP contribution in [0.5, 0.6) is 0 Å². The fourth-order valence-electron chi connectivity index (χ4n) is 0.110. The summed E-state index contributed by atoms with van der Waals surface area (Å²) in [5.74, 6) is -1.67. The predicted octanol–water partition coefficient (Wildman–Crippen LogP) is -3.00. The van der Waals surface area contributed by atoms with Gasteiger partial charge in [0.15, 0.2) is 6.29 Å². The van der Waals surface area contributed by atoms with Crippen molar-refractivity contribution < 1.29 is 20.1 Å². The zero-order valence-electron chi connectivity index (χ0n) is 4.48. The highest BCUT2D eigenvalue weighted by Crippen LogP contribution is 1.94. The van der Waals surface area contributed by atoms with Gasteiger partial charge in [-0.2, -0.15) is 0 Å². The lowest BCUT2D eigenvalue weighted by Gasteiger charge is -2.20. The van der Waals surface area contributed by atoms with E-state index in [0.717, 1.165) is 0 Å². The van der Waals surface area contributed by atoms with Crippen LogP contribution in [0.4, 0.5) is 0 Å². The fraction of sp³-hybridized carbons (Fsp3) is 0.667. The molecule has 0 unspecified atom stereocenters. The summed E-state index contributed by atoms with van der Waals surface area (Å²) >= 11 is 0. The molecule has 0 aliphatic carbocycles. The maximum Gasteiger partial charge on any atom is 0.343 e. The van der Waals surface area contributed by atoms with Crippen LogP contribution in [0.25, 0.3) is 0 Å². The van der Waals surface area contributed by atoms with Crippen LogP contribution in [0.15, 0.2) is 0 Å². The molecule has 0 heterocycles. The Hall–Kier alpha value is -0.690. The monoisotopic (exact) mass is 136 g/mol. The van der Waals surface area contributed by atoms with Gasteiger partial charge in [-0.3, -0.25) is 11.5 Å². The third kappa shape index (κ3) is 1.61. The molecule has 7 N–H and O–H groups in total.